The van der Waals surface area contributed by atoms with Crippen molar-refractivity contribution in [2.24, 2.45) is 5.92 Å². The van der Waals surface area contributed by atoms with Crippen LogP contribution in [-0.2, 0) is 31.7 Å². The molecule has 0 spiro atoms. The van der Waals surface area contributed by atoms with Gasteiger partial charge in [0.25, 0.3) is 0 Å². The van der Waals surface area contributed by atoms with E-state index in [4.69, 9.17) is 11.6 Å². The Morgan fingerprint density at radius 1 is 1.03 bits per heavy atom. The van der Waals surface area contributed by atoms with Crippen molar-refractivity contribution in [1.82, 2.24) is 5.32 Å². The van der Waals surface area contributed by atoms with Crippen LogP contribution in [0.4, 0.5) is 5.69 Å². The molecule has 2 amide bonds. The molecule has 30 heavy (non-hydrogen) atoms. The maximum absolute atomic E-state index is 12.4. The van der Waals surface area contributed by atoms with Gasteiger partial charge in [0, 0.05) is 36.7 Å². The minimum absolute atomic E-state index is 0.0142. The Kier molecular flexibility index (Phi) is 11.3. The molecule has 0 aromatic heterocycles. The molecule has 1 aromatic carbocycles. The summed E-state index contributed by atoms with van der Waals surface area (Å²) >= 11 is 5.84. The van der Waals surface area contributed by atoms with E-state index in [9.17, 15) is 24.3 Å². The smallest absolute Gasteiger partial charge is 0.227 e. The summed E-state index contributed by atoms with van der Waals surface area (Å²) in [7, 11) is 0. The number of alkyl halides is 1. The lowest BCUT2D eigenvalue weighted by Gasteiger charge is -2.17. The zero-order valence-corrected chi connectivity index (χ0v) is 18.6. The maximum atomic E-state index is 12.4. The van der Waals surface area contributed by atoms with Gasteiger partial charge in [-0.2, -0.15) is 0 Å². The summed E-state index contributed by atoms with van der Waals surface area (Å²) in [6, 6.07) is 4.42. The molecule has 0 aliphatic rings. The average Bonchev–Trinajstić information content (AvgIpc) is 2.70. The first kappa shape index (κ1) is 25.8. The van der Waals surface area contributed by atoms with E-state index in [2.05, 4.69) is 10.6 Å². The molecule has 0 saturated heterocycles. The van der Waals surface area contributed by atoms with Crippen molar-refractivity contribution in [1.29, 1.82) is 0 Å². The number of ketones is 2. The summed E-state index contributed by atoms with van der Waals surface area (Å²) in [5.74, 6) is -1.07. The molecular formula is C22H31ClN2O5. The number of halogens is 1. The highest BCUT2D eigenvalue weighted by Crippen LogP contribution is 2.18. The maximum Gasteiger partial charge on any atom is 0.227 e. The monoisotopic (exact) mass is 438 g/mol. The second kappa shape index (κ2) is 13.1. The zero-order valence-electron chi connectivity index (χ0n) is 17.8. The molecule has 0 fully saturated rings. The van der Waals surface area contributed by atoms with Gasteiger partial charge in [0.15, 0.2) is 5.78 Å². The number of benzene rings is 1. The van der Waals surface area contributed by atoms with Gasteiger partial charge in [-0.05, 0) is 49.9 Å². The number of aliphatic hydroxyl groups is 1. The van der Waals surface area contributed by atoms with Crippen molar-refractivity contribution in [3.8, 4) is 0 Å². The largest absolute Gasteiger partial charge is 0.392 e. The summed E-state index contributed by atoms with van der Waals surface area (Å²) in [6.07, 6.45) is 1.92. The van der Waals surface area contributed by atoms with Crippen molar-refractivity contribution >= 4 is 40.7 Å². The quantitative estimate of drug-likeness (QED) is 0.323. The first-order valence-corrected chi connectivity index (χ1v) is 10.6. The number of hydrogen-bond donors (Lipinski definition) is 3. The molecule has 8 heteroatoms. The number of unbranched alkanes of at least 4 members (excludes halogenated alkanes) is 1. The van der Waals surface area contributed by atoms with Crippen molar-refractivity contribution in [3.05, 3.63) is 29.3 Å². The summed E-state index contributed by atoms with van der Waals surface area (Å²) in [4.78, 5) is 47.6. The van der Waals surface area contributed by atoms with E-state index in [0.29, 0.717) is 30.5 Å². The summed E-state index contributed by atoms with van der Waals surface area (Å²) in [6.45, 7) is 4.58. The molecule has 0 heterocycles. The van der Waals surface area contributed by atoms with Crippen molar-refractivity contribution in [3.63, 3.8) is 0 Å². The van der Waals surface area contributed by atoms with Crippen LogP contribution in [0.15, 0.2) is 18.2 Å². The third-order valence-corrected chi connectivity index (χ3v) is 4.96. The standard InChI is InChI=1S/C22H31ClN2O5/c1-14(22(30)25-19-10-17(12-23)9-18(11-19)13-26)8-20(28)16(3)24-21(29)7-5-4-6-15(2)27/h9-11,14,16,26H,4-8,12-13H2,1-3H3,(H,24,29)(H,25,30). The number of aliphatic hydroxyl groups excluding tert-OH is 1. The second-order valence-corrected chi connectivity index (χ2v) is 7.86. The number of anilines is 1. The van der Waals surface area contributed by atoms with Gasteiger partial charge in [-0.25, -0.2) is 0 Å². The molecule has 166 valence electrons. The number of amides is 2. The average molecular weight is 439 g/mol. The van der Waals surface area contributed by atoms with E-state index in [1.807, 2.05) is 0 Å². The highest BCUT2D eigenvalue weighted by molar-refractivity contribution is 6.17. The molecule has 0 radical (unpaired) electrons. The van der Waals surface area contributed by atoms with E-state index in [1.165, 1.54) is 6.92 Å². The number of rotatable bonds is 13. The number of carbonyl (C=O) groups excluding carboxylic acids is 4. The van der Waals surface area contributed by atoms with E-state index in [-0.39, 0.29) is 48.7 Å². The molecule has 2 unspecified atom stereocenters. The first-order chi connectivity index (χ1) is 14.2. The Morgan fingerprint density at radius 2 is 1.67 bits per heavy atom. The first-order valence-electron chi connectivity index (χ1n) is 10.1. The normalized spacial score (nSPS) is 12.7. The SMILES string of the molecule is CC(=O)CCCCC(=O)NC(C)C(=O)CC(C)C(=O)Nc1cc(CO)cc(CCl)c1. The van der Waals surface area contributed by atoms with Crippen LogP contribution in [0, 0.1) is 5.92 Å². The van der Waals surface area contributed by atoms with Crippen LogP contribution in [0.1, 0.15) is 64.0 Å². The molecule has 0 aliphatic carbocycles. The Labute approximate surface area is 182 Å². The molecule has 0 aliphatic heterocycles. The molecule has 1 aromatic rings. The highest BCUT2D eigenvalue weighted by Gasteiger charge is 2.22. The third kappa shape index (κ3) is 9.50. The van der Waals surface area contributed by atoms with Gasteiger partial charge in [-0.15, -0.1) is 11.6 Å². The molecule has 0 saturated carbocycles. The molecule has 0 bridgehead atoms. The Hall–Kier alpha value is -2.25. The third-order valence-electron chi connectivity index (χ3n) is 4.66. The van der Waals surface area contributed by atoms with Gasteiger partial charge in [-0.3, -0.25) is 14.4 Å². The fourth-order valence-electron chi connectivity index (χ4n) is 2.89. The number of nitrogens with one attached hydrogen (secondary N) is 2. The van der Waals surface area contributed by atoms with Crippen molar-refractivity contribution in [2.75, 3.05) is 5.32 Å². The lowest BCUT2D eigenvalue weighted by atomic mass is 9.99. The lowest BCUT2D eigenvalue weighted by molar-refractivity contribution is -0.129. The van der Waals surface area contributed by atoms with E-state index in [1.54, 1.807) is 32.0 Å². The summed E-state index contributed by atoms with van der Waals surface area (Å²) in [5, 5.41) is 14.7. The predicted molar refractivity (Wildman–Crippen MR) is 116 cm³/mol. The van der Waals surface area contributed by atoms with Gasteiger partial charge in [0.2, 0.25) is 11.8 Å². The number of carbonyl (C=O) groups is 4. The molecule has 7 nitrogen and oxygen atoms in total. The zero-order chi connectivity index (χ0) is 22.7. The van der Waals surface area contributed by atoms with Crippen LogP contribution in [0.3, 0.4) is 0 Å². The Balaban J connectivity index is 2.51. The van der Waals surface area contributed by atoms with Crippen molar-refractivity contribution in [2.45, 2.75) is 71.4 Å². The van der Waals surface area contributed by atoms with E-state index in [0.717, 1.165) is 5.56 Å². The predicted octanol–water partition coefficient (Wildman–Crippen LogP) is 3.11. The molecule has 2 atom stereocenters. The van der Waals surface area contributed by atoms with Crippen molar-refractivity contribution < 1.29 is 24.3 Å². The summed E-state index contributed by atoms with van der Waals surface area (Å²) in [5.41, 5.74) is 1.90. The molecular weight excluding hydrogens is 408 g/mol. The fraction of sp³-hybridized carbons (Fsp3) is 0.545. The molecule has 3 N–H and O–H groups in total. The summed E-state index contributed by atoms with van der Waals surface area (Å²) < 4.78 is 0. The van der Waals surface area contributed by atoms with Crippen LogP contribution in [0.25, 0.3) is 0 Å². The fourth-order valence-corrected chi connectivity index (χ4v) is 3.05. The van der Waals surface area contributed by atoms with Crippen LogP contribution in [-0.4, -0.2) is 34.5 Å². The van der Waals surface area contributed by atoms with Gasteiger partial charge >= 0.3 is 0 Å². The number of hydrogen-bond acceptors (Lipinski definition) is 5. The minimum atomic E-state index is -0.693. The second-order valence-electron chi connectivity index (χ2n) is 7.59. The Morgan fingerprint density at radius 3 is 2.27 bits per heavy atom. The van der Waals surface area contributed by atoms with Gasteiger partial charge in [0.05, 0.1) is 12.6 Å². The number of Topliss-reactive ketones (excluding diaryl/α,β-unsaturated/α-hetero) is 2. The van der Waals surface area contributed by atoms with E-state index >= 15 is 0 Å². The molecule has 1 rings (SSSR count). The topological polar surface area (TPSA) is 113 Å². The van der Waals surface area contributed by atoms with Gasteiger partial charge < -0.3 is 20.5 Å². The van der Waals surface area contributed by atoms with Crippen LogP contribution < -0.4 is 10.6 Å². The lowest BCUT2D eigenvalue weighted by Crippen LogP contribution is -2.39. The Bertz CT molecular complexity index is 744. The van der Waals surface area contributed by atoms with Gasteiger partial charge in [-0.1, -0.05) is 13.0 Å². The highest BCUT2D eigenvalue weighted by atomic mass is 35.5. The van der Waals surface area contributed by atoms with Crippen LogP contribution >= 0.6 is 11.6 Å². The van der Waals surface area contributed by atoms with E-state index < -0.39 is 12.0 Å². The van der Waals surface area contributed by atoms with Gasteiger partial charge in [0.1, 0.15) is 5.78 Å². The minimum Gasteiger partial charge on any atom is -0.392 e. The van der Waals surface area contributed by atoms with Crippen LogP contribution in [0.2, 0.25) is 0 Å². The van der Waals surface area contributed by atoms with Crippen LogP contribution in [0.5, 0.6) is 0 Å².